The highest BCUT2D eigenvalue weighted by Crippen LogP contribution is 2.07. The van der Waals surface area contributed by atoms with Crippen LogP contribution in [0.5, 0.6) is 0 Å². The zero-order valence-corrected chi connectivity index (χ0v) is 8.57. The van der Waals surface area contributed by atoms with Gasteiger partial charge in [-0.1, -0.05) is 19.9 Å². The molecule has 0 aliphatic rings. The first-order valence-corrected chi connectivity index (χ1v) is 4.54. The molecule has 0 saturated carbocycles. The third-order valence-electron chi connectivity index (χ3n) is 1.70. The van der Waals surface area contributed by atoms with Gasteiger partial charge in [-0.25, -0.2) is 9.50 Å². The van der Waals surface area contributed by atoms with Crippen LogP contribution in [0.3, 0.4) is 0 Å². The van der Waals surface area contributed by atoms with Gasteiger partial charge in [-0.2, -0.15) is 5.10 Å². The van der Waals surface area contributed by atoms with Gasteiger partial charge in [0.1, 0.15) is 6.33 Å². The monoisotopic (exact) mass is 177 g/mol. The average Bonchev–Trinajstić information content (AvgIpc) is 2.55. The van der Waals surface area contributed by atoms with Crippen molar-refractivity contribution in [1.29, 1.82) is 0 Å². The normalized spacial score (nSPS) is 9.54. The second-order valence-corrected chi connectivity index (χ2v) is 2.73. The van der Waals surface area contributed by atoms with E-state index in [-0.39, 0.29) is 0 Å². The van der Waals surface area contributed by atoms with Crippen LogP contribution >= 0.6 is 0 Å². The summed E-state index contributed by atoms with van der Waals surface area (Å²) in [5, 5.41) is 4.05. The fourth-order valence-electron chi connectivity index (χ4n) is 1.26. The fraction of sp³-hybridized carbons (Fsp3) is 0.400. The number of pyridine rings is 1. The number of hydrogen-bond acceptors (Lipinski definition) is 2. The third kappa shape index (κ3) is 1.86. The Morgan fingerprint density at radius 3 is 2.62 bits per heavy atom. The van der Waals surface area contributed by atoms with Crippen LogP contribution in [0.4, 0.5) is 0 Å². The van der Waals surface area contributed by atoms with Crippen molar-refractivity contribution >= 4 is 5.65 Å². The van der Waals surface area contributed by atoms with Crippen molar-refractivity contribution in [1.82, 2.24) is 14.6 Å². The highest BCUT2D eigenvalue weighted by Gasteiger charge is 1.98. The van der Waals surface area contributed by atoms with Crippen molar-refractivity contribution in [3.05, 3.63) is 29.7 Å². The van der Waals surface area contributed by atoms with Gasteiger partial charge in [0, 0.05) is 6.20 Å². The van der Waals surface area contributed by atoms with E-state index in [2.05, 4.69) is 16.1 Å². The minimum absolute atomic E-state index is 0.940. The Balaban J connectivity index is 0.000000396. The summed E-state index contributed by atoms with van der Waals surface area (Å²) in [7, 11) is 0. The van der Waals surface area contributed by atoms with E-state index in [1.54, 1.807) is 10.8 Å². The Morgan fingerprint density at radius 2 is 1.92 bits per heavy atom. The number of aromatic nitrogens is 3. The molecule has 3 nitrogen and oxygen atoms in total. The van der Waals surface area contributed by atoms with Gasteiger partial charge in [-0.05, 0) is 25.0 Å². The third-order valence-corrected chi connectivity index (χ3v) is 1.70. The van der Waals surface area contributed by atoms with Crippen LogP contribution in [-0.4, -0.2) is 14.6 Å². The minimum Gasteiger partial charge on any atom is -0.221 e. The second-order valence-electron chi connectivity index (χ2n) is 2.73. The molecule has 0 bridgehead atoms. The highest BCUT2D eigenvalue weighted by atomic mass is 15.3. The molecule has 0 radical (unpaired) electrons. The Labute approximate surface area is 78.4 Å². The lowest BCUT2D eigenvalue weighted by Gasteiger charge is -1.97. The summed E-state index contributed by atoms with van der Waals surface area (Å²) < 4.78 is 1.80. The first kappa shape index (κ1) is 9.71. The molecular weight excluding hydrogens is 162 g/mol. The molecule has 0 N–H and O–H groups in total. The Bertz CT molecular complexity index is 390. The molecule has 0 aliphatic carbocycles. The van der Waals surface area contributed by atoms with E-state index in [1.165, 1.54) is 11.1 Å². The number of rotatable bonds is 0. The molecule has 3 heteroatoms. The maximum Gasteiger partial charge on any atom is 0.158 e. The van der Waals surface area contributed by atoms with E-state index in [4.69, 9.17) is 0 Å². The van der Waals surface area contributed by atoms with Gasteiger partial charge in [0.05, 0.1) is 0 Å². The Kier molecular flexibility index (Phi) is 3.01. The Hall–Kier alpha value is -1.38. The van der Waals surface area contributed by atoms with E-state index >= 15 is 0 Å². The van der Waals surface area contributed by atoms with Gasteiger partial charge in [-0.3, -0.25) is 0 Å². The fourth-order valence-corrected chi connectivity index (χ4v) is 1.26. The zero-order valence-electron chi connectivity index (χ0n) is 8.57. The van der Waals surface area contributed by atoms with Crippen molar-refractivity contribution < 1.29 is 0 Å². The van der Waals surface area contributed by atoms with Gasteiger partial charge in [0.2, 0.25) is 0 Å². The lowest BCUT2D eigenvalue weighted by atomic mass is 10.2. The van der Waals surface area contributed by atoms with E-state index in [9.17, 15) is 0 Å². The molecule has 0 aromatic carbocycles. The van der Waals surface area contributed by atoms with Crippen LogP contribution in [0, 0.1) is 13.8 Å². The lowest BCUT2D eigenvalue weighted by Crippen LogP contribution is -1.90. The molecule has 0 fully saturated rings. The van der Waals surface area contributed by atoms with Gasteiger partial charge in [0.25, 0.3) is 0 Å². The summed E-state index contributed by atoms with van der Waals surface area (Å²) in [6.45, 7) is 8.09. The highest BCUT2D eigenvalue weighted by molar-refractivity contribution is 5.46. The quantitative estimate of drug-likeness (QED) is 0.618. The molecule has 0 atom stereocenters. The first-order valence-electron chi connectivity index (χ1n) is 4.54. The second kappa shape index (κ2) is 4.03. The predicted octanol–water partition coefficient (Wildman–Crippen LogP) is 2.37. The number of aryl methyl sites for hydroxylation is 2. The van der Waals surface area contributed by atoms with Crippen molar-refractivity contribution in [2.45, 2.75) is 27.7 Å². The van der Waals surface area contributed by atoms with E-state index in [1.807, 2.05) is 33.9 Å². The van der Waals surface area contributed by atoms with Crippen LogP contribution in [-0.2, 0) is 0 Å². The van der Waals surface area contributed by atoms with E-state index in [0.717, 1.165) is 5.65 Å². The van der Waals surface area contributed by atoms with Crippen molar-refractivity contribution in [2.24, 2.45) is 0 Å². The van der Waals surface area contributed by atoms with Gasteiger partial charge in [0.15, 0.2) is 5.65 Å². The topological polar surface area (TPSA) is 30.2 Å². The minimum atomic E-state index is 0.940. The lowest BCUT2D eigenvalue weighted by molar-refractivity contribution is 0.946. The smallest absolute Gasteiger partial charge is 0.158 e. The predicted molar refractivity (Wildman–Crippen MR) is 53.8 cm³/mol. The molecule has 0 amide bonds. The van der Waals surface area contributed by atoms with Crippen LogP contribution in [0.1, 0.15) is 25.0 Å². The SMILES string of the molecule is CC.Cc1cc(C)c2ncnn2c1. The summed E-state index contributed by atoms with van der Waals surface area (Å²) in [4.78, 5) is 4.11. The molecule has 2 rings (SSSR count). The Morgan fingerprint density at radius 1 is 1.23 bits per heavy atom. The first-order chi connectivity index (χ1) is 6.27. The summed E-state index contributed by atoms with van der Waals surface area (Å²) in [6.07, 6.45) is 3.54. The summed E-state index contributed by atoms with van der Waals surface area (Å²) in [6, 6.07) is 2.10. The van der Waals surface area contributed by atoms with Crippen molar-refractivity contribution in [2.75, 3.05) is 0 Å². The molecule has 2 heterocycles. The van der Waals surface area contributed by atoms with E-state index in [0.29, 0.717) is 0 Å². The number of nitrogens with zero attached hydrogens (tertiary/aromatic N) is 3. The summed E-state index contributed by atoms with van der Waals surface area (Å²) in [5.74, 6) is 0. The van der Waals surface area contributed by atoms with Gasteiger partial charge < -0.3 is 0 Å². The van der Waals surface area contributed by atoms with E-state index < -0.39 is 0 Å². The zero-order chi connectivity index (χ0) is 9.84. The van der Waals surface area contributed by atoms with Crippen molar-refractivity contribution in [3.63, 3.8) is 0 Å². The van der Waals surface area contributed by atoms with Crippen LogP contribution < -0.4 is 0 Å². The molecule has 2 aromatic rings. The largest absolute Gasteiger partial charge is 0.221 e. The molecule has 0 spiro atoms. The molecule has 13 heavy (non-hydrogen) atoms. The molecule has 70 valence electrons. The summed E-state index contributed by atoms with van der Waals surface area (Å²) >= 11 is 0. The molecular formula is C10H15N3. The number of fused-ring (bicyclic) bond motifs is 1. The van der Waals surface area contributed by atoms with Crippen LogP contribution in [0.2, 0.25) is 0 Å². The van der Waals surface area contributed by atoms with Gasteiger partial charge >= 0.3 is 0 Å². The van der Waals surface area contributed by atoms with Crippen LogP contribution in [0.25, 0.3) is 5.65 Å². The molecule has 0 aliphatic heterocycles. The maximum atomic E-state index is 4.11. The standard InChI is InChI=1S/C8H9N3.C2H6/c1-6-3-7(2)8-9-5-10-11(8)4-6;1-2/h3-5H,1-2H3;1-2H3. The molecule has 2 aromatic heterocycles. The summed E-state index contributed by atoms with van der Waals surface area (Å²) in [5.41, 5.74) is 3.32. The maximum absolute atomic E-state index is 4.11. The van der Waals surface area contributed by atoms with Gasteiger partial charge in [-0.15, -0.1) is 0 Å². The average molecular weight is 177 g/mol. The van der Waals surface area contributed by atoms with Crippen LogP contribution in [0.15, 0.2) is 18.6 Å². The van der Waals surface area contributed by atoms with Crippen molar-refractivity contribution in [3.8, 4) is 0 Å². The molecule has 0 unspecified atom stereocenters. The number of hydrogen-bond donors (Lipinski definition) is 0. The molecule has 0 saturated heterocycles.